The van der Waals surface area contributed by atoms with Crippen molar-refractivity contribution < 1.29 is 13.5 Å². The number of rotatable bonds is 4. The SMILES string of the molecule is Cc1ccccc1Cc1nnc(CN2C[C@H](C)Oc3cc(F)ccc32)o1. The minimum Gasteiger partial charge on any atom is -0.487 e. The third kappa shape index (κ3) is 3.40. The molecule has 0 saturated heterocycles. The van der Waals surface area contributed by atoms with E-state index in [4.69, 9.17) is 9.15 Å². The Morgan fingerprint density at radius 3 is 2.81 bits per heavy atom. The molecule has 0 aliphatic carbocycles. The largest absolute Gasteiger partial charge is 0.487 e. The highest BCUT2D eigenvalue weighted by Gasteiger charge is 2.25. The first-order valence-electron chi connectivity index (χ1n) is 8.65. The molecule has 1 aromatic heterocycles. The van der Waals surface area contributed by atoms with E-state index in [2.05, 4.69) is 34.2 Å². The number of halogens is 1. The van der Waals surface area contributed by atoms with Gasteiger partial charge in [-0.1, -0.05) is 24.3 Å². The quantitative estimate of drug-likeness (QED) is 0.712. The summed E-state index contributed by atoms with van der Waals surface area (Å²) < 4.78 is 25.0. The maximum absolute atomic E-state index is 13.5. The third-order valence-corrected chi connectivity index (χ3v) is 4.51. The van der Waals surface area contributed by atoms with Crippen LogP contribution in [0.5, 0.6) is 5.75 Å². The molecule has 0 radical (unpaired) electrons. The normalized spacial score (nSPS) is 16.3. The van der Waals surface area contributed by atoms with Gasteiger partial charge in [-0.3, -0.25) is 0 Å². The Kier molecular flexibility index (Phi) is 4.32. The zero-order valence-electron chi connectivity index (χ0n) is 14.8. The second-order valence-corrected chi connectivity index (χ2v) is 6.61. The van der Waals surface area contributed by atoms with Crippen LogP contribution < -0.4 is 9.64 Å². The molecule has 1 atom stereocenters. The Morgan fingerprint density at radius 2 is 1.96 bits per heavy atom. The standard InChI is InChI=1S/C20H20FN3O2/c1-13-5-3-4-6-15(13)9-19-22-23-20(26-19)12-24-11-14(2)25-18-10-16(21)7-8-17(18)24/h3-8,10,14H,9,11-12H2,1-2H3/t14-/m0/s1. The van der Waals surface area contributed by atoms with Gasteiger partial charge in [-0.05, 0) is 37.1 Å². The molecule has 1 aliphatic rings. The van der Waals surface area contributed by atoms with E-state index in [0.29, 0.717) is 37.0 Å². The van der Waals surface area contributed by atoms with Crippen LogP contribution in [0.25, 0.3) is 0 Å². The third-order valence-electron chi connectivity index (χ3n) is 4.51. The van der Waals surface area contributed by atoms with Crippen molar-refractivity contribution in [1.82, 2.24) is 10.2 Å². The number of fused-ring (bicyclic) bond motifs is 1. The van der Waals surface area contributed by atoms with Crippen LogP contribution in [0.3, 0.4) is 0 Å². The van der Waals surface area contributed by atoms with Crippen LogP contribution in [-0.2, 0) is 13.0 Å². The van der Waals surface area contributed by atoms with Gasteiger partial charge in [0.05, 0.1) is 25.2 Å². The van der Waals surface area contributed by atoms with Gasteiger partial charge >= 0.3 is 0 Å². The molecule has 4 rings (SSSR count). The van der Waals surface area contributed by atoms with Crippen molar-refractivity contribution in [2.24, 2.45) is 0 Å². The minimum absolute atomic E-state index is 0.0429. The Balaban J connectivity index is 1.52. The van der Waals surface area contributed by atoms with E-state index in [0.717, 1.165) is 5.69 Å². The monoisotopic (exact) mass is 353 g/mol. The molecule has 2 heterocycles. The summed E-state index contributed by atoms with van der Waals surface area (Å²) in [5.74, 6) is 1.37. The van der Waals surface area contributed by atoms with E-state index < -0.39 is 0 Å². The van der Waals surface area contributed by atoms with Gasteiger partial charge in [0.25, 0.3) is 0 Å². The number of hydrogen-bond acceptors (Lipinski definition) is 5. The maximum Gasteiger partial charge on any atom is 0.235 e. The van der Waals surface area contributed by atoms with Crippen LogP contribution in [-0.4, -0.2) is 22.8 Å². The van der Waals surface area contributed by atoms with Crippen LogP contribution in [0.15, 0.2) is 46.9 Å². The summed E-state index contributed by atoms with van der Waals surface area (Å²) in [5, 5.41) is 8.35. The van der Waals surface area contributed by atoms with Crippen molar-refractivity contribution in [3.05, 3.63) is 71.2 Å². The van der Waals surface area contributed by atoms with Crippen molar-refractivity contribution in [3.63, 3.8) is 0 Å². The first-order chi connectivity index (χ1) is 12.6. The molecule has 5 nitrogen and oxygen atoms in total. The topological polar surface area (TPSA) is 51.4 Å². The van der Waals surface area contributed by atoms with Gasteiger partial charge in [0.15, 0.2) is 0 Å². The van der Waals surface area contributed by atoms with Gasteiger partial charge in [0.2, 0.25) is 11.8 Å². The fourth-order valence-corrected chi connectivity index (χ4v) is 3.21. The Bertz CT molecular complexity index is 925. The summed E-state index contributed by atoms with van der Waals surface area (Å²) in [5.41, 5.74) is 3.21. The highest BCUT2D eigenvalue weighted by Crippen LogP contribution is 2.34. The molecule has 0 amide bonds. The summed E-state index contributed by atoms with van der Waals surface area (Å²) >= 11 is 0. The molecule has 2 aromatic carbocycles. The molecule has 0 saturated carbocycles. The lowest BCUT2D eigenvalue weighted by Crippen LogP contribution is -2.38. The molecular formula is C20H20FN3O2. The van der Waals surface area contributed by atoms with Crippen LogP contribution in [0.4, 0.5) is 10.1 Å². The highest BCUT2D eigenvalue weighted by molar-refractivity contribution is 5.60. The van der Waals surface area contributed by atoms with Crippen molar-refractivity contribution in [2.45, 2.75) is 32.9 Å². The number of hydrogen-bond donors (Lipinski definition) is 0. The maximum atomic E-state index is 13.5. The first-order valence-corrected chi connectivity index (χ1v) is 8.65. The second-order valence-electron chi connectivity index (χ2n) is 6.61. The van der Waals surface area contributed by atoms with E-state index in [1.807, 2.05) is 19.1 Å². The summed E-state index contributed by atoms with van der Waals surface area (Å²) in [6.07, 6.45) is 0.569. The molecule has 0 N–H and O–H groups in total. The number of anilines is 1. The van der Waals surface area contributed by atoms with E-state index in [-0.39, 0.29) is 11.9 Å². The molecule has 0 spiro atoms. The van der Waals surface area contributed by atoms with Crippen LogP contribution in [0, 0.1) is 12.7 Å². The highest BCUT2D eigenvalue weighted by atomic mass is 19.1. The zero-order chi connectivity index (χ0) is 18.1. The van der Waals surface area contributed by atoms with Crippen molar-refractivity contribution in [3.8, 4) is 5.75 Å². The molecule has 1 aliphatic heterocycles. The fraction of sp³-hybridized carbons (Fsp3) is 0.300. The van der Waals surface area contributed by atoms with E-state index >= 15 is 0 Å². The summed E-state index contributed by atoms with van der Waals surface area (Å²) in [4.78, 5) is 2.08. The van der Waals surface area contributed by atoms with Gasteiger partial charge in [-0.15, -0.1) is 10.2 Å². The van der Waals surface area contributed by atoms with Crippen LogP contribution >= 0.6 is 0 Å². The number of benzene rings is 2. The lowest BCUT2D eigenvalue weighted by atomic mass is 10.1. The predicted octanol–water partition coefficient (Wildman–Crippen LogP) is 3.90. The summed E-state index contributed by atoms with van der Waals surface area (Å²) in [6.45, 7) is 5.16. The number of nitrogens with zero attached hydrogens (tertiary/aromatic N) is 3. The summed E-state index contributed by atoms with van der Waals surface area (Å²) in [7, 11) is 0. The molecule has 134 valence electrons. The number of aromatic nitrogens is 2. The average Bonchev–Trinajstić information content (AvgIpc) is 3.03. The first kappa shape index (κ1) is 16.6. The smallest absolute Gasteiger partial charge is 0.235 e. The molecule has 6 heteroatoms. The molecule has 0 bridgehead atoms. The lowest BCUT2D eigenvalue weighted by Gasteiger charge is -2.34. The number of ether oxygens (including phenoxy) is 1. The van der Waals surface area contributed by atoms with Gasteiger partial charge in [-0.25, -0.2) is 4.39 Å². The molecule has 26 heavy (non-hydrogen) atoms. The van der Waals surface area contributed by atoms with E-state index in [9.17, 15) is 4.39 Å². The Morgan fingerprint density at radius 1 is 1.15 bits per heavy atom. The molecule has 0 unspecified atom stereocenters. The molecular weight excluding hydrogens is 333 g/mol. The fourth-order valence-electron chi connectivity index (χ4n) is 3.21. The van der Waals surface area contributed by atoms with Crippen molar-refractivity contribution in [1.29, 1.82) is 0 Å². The van der Waals surface area contributed by atoms with E-state index in [1.165, 1.54) is 23.3 Å². The minimum atomic E-state index is -0.309. The van der Waals surface area contributed by atoms with Crippen LogP contribution in [0.1, 0.15) is 29.8 Å². The summed E-state index contributed by atoms with van der Waals surface area (Å²) in [6, 6.07) is 12.7. The average molecular weight is 353 g/mol. The number of aryl methyl sites for hydroxylation is 1. The molecule has 3 aromatic rings. The van der Waals surface area contributed by atoms with Gasteiger partial charge in [-0.2, -0.15) is 0 Å². The Hall–Kier alpha value is -2.89. The van der Waals surface area contributed by atoms with Gasteiger partial charge in [0, 0.05) is 6.07 Å². The van der Waals surface area contributed by atoms with Crippen molar-refractivity contribution >= 4 is 5.69 Å². The van der Waals surface area contributed by atoms with Gasteiger partial charge in [0.1, 0.15) is 17.7 Å². The van der Waals surface area contributed by atoms with Crippen LogP contribution in [0.2, 0.25) is 0 Å². The predicted molar refractivity (Wildman–Crippen MR) is 95.8 cm³/mol. The van der Waals surface area contributed by atoms with Crippen molar-refractivity contribution in [2.75, 3.05) is 11.4 Å². The van der Waals surface area contributed by atoms with Gasteiger partial charge < -0.3 is 14.1 Å². The second kappa shape index (κ2) is 6.78. The Labute approximate surface area is 151 Å². The zero-order valence-corrected chi connectivity index (χ0v) is 14.8. The lowest BCUT2D eigenvalue weighted by molar-refractivity contribution is 0.209. The van der Waals surface area contributed by atoms with E-state index in [1.54, 1.807) is 6.07 Å². The molecule has 0 fully saturated rings.